The molecule has 0 spiro atoms. The molecule has 238 valence electrons. The molecule has 1 aliphatic rings. The third kappa shape index (κ3) is 7.41. The Balaban J connectivity index is 2.13. The molecule has 1 saturated heterocycles. The van der Waals surface area contributed by atoms with Gasteiger partial charge in [-0.1, -0.05) is 62.3 Å². The number of rotatable bonds is 9. The third-order valence-electron chi connectivity index (χ3n) is 9.92. The highest BCUT2D eigenvalue weighted by atomic mass is 28.4. The van der Waals surface area contributed by atoms with Crippen LogP contribution in [-0.4, -0.2) is 74.2 Å². The van der Waals surface area contributed by atoms with Crippen molar-refractivity contribution in [2.45, 2.75) is 141 Å². The molecule has 4 atom stereocenters. The fourth-order valence-electron chi connectivity index (χ4n) is 3.93. The van der Waals surface area contributed by atoms with E-state index in [9.17, 15) is 4.79 Å². The summed E-state index contributed by atoms with van der Waals surface area (Å²) >= 11 is 0. The monoisotopic (exact) mass is 637 g/mol. The highest BCUT2D eigenvalue weighted by molar-refractivity contribution is 6.75. The molecule has 0 amide bonds. The van der Waals surface area contributed by atoms with Crippen molar-refractivity contribution in [2.24, 2.45) is 0 Å². The lowest BCUT2D eigenvalue weighted by Gasteiger charge is -2.44. The Hall–Kier alpha value is -1.49. The van der Waals surface area contributed by atoms with Crippen molar-refractivity contribution in [1.82, 2.24) is 24.3 Å². The van der Waals surface area contributed by atoms with Crippen molar-refractivity contribution >= 4 is 25.0 Å². The summed E-state index contributed by atoms with van der Waals surface area (Å²) in [7, 11) is -6.72. The van der Waals surface area contributed by atoms with Crippen molar-refractivity contribution < 1.29 is 18.0 Å². The Morgan fingerprint density at radius 3 is 1.81 bits per heavy atom. The maximum absolute atomic E-state index is 13.5. The fourth-order valence-corrected chi connectivity index (χ4v) is 7.54. The van der Waals surface area contributed by atoms with Crippen LogP contribution in [0.4, 0.5) is 0 Å². The lowest BCUT2D eigenvalue weighted by molar-refractivity contribution is -0.0509. The smallest absolute Gasteiger partial charge is 0.351 e. The maximum Gasteiger partial charge on any atom is 0.351 e. The molecule has 42 heavy (non-hydrogen) atoms. The van der Waals surface area contributed by atoms with Crippen LogP contribution in [0.3, 0.4) is 0 Å². The lowest BCUT2D eigenvalue weighted by Crippen LogP contribution is -2.54. The summed E-state index contributed by atoms with van der Waals surface area (Å²) in [5, 5.41) is 4.06. The van der Waals surface area contributed by atoms with Crippen LogP contribution in [0.25, 0.3) is 5.82 Å². The van der Waals surface area contributed by atoms with E-state index in [0.717, 1.165) is 0 Å². The van der Waals surface area contributed by atoms with E-state index >= 15 is 0 Å². The minimum absolute atomic E-state index is 0.0325. The molecule has 3 rings (SSSR count). The van der Waals surface area contributed by atoms with Crippen molar-refractivity contribution in [3.63, 3.8) is 0 Å². The summed E-state index contributed by atoms with van der Waals surface area (Å²) in [6.07, 6.45) is 2.54. The quantitative estimate of drug-likeness (QED) is 0.286. The van der Waals surface area contributed by atoms with E-state index in [-0.39, 0.29) is 15.1 Å². The van der Waals surface area contributed by atoms with Crippen LogP contribution in [0.15, 0.2) is 29.7 Å². The first-order valence-corrected chi connectivity index (χ1v) is 23.7. The second-order valence-corrected chi connectivity index (χ2v) is 30.5. The van der Waals surface area contributed by atoms with Crippen LogP contribution in [0.2, 0.25) is 54.4 Å². The zero-order chi connectivity index (χ0) is 32.1. The molecule has 13 heteroatoms. The molecule has 0 aliphatic carbocycles. The van der Waals surface area contributed by atoms with Gasteiger partial charge in [0, 0.05) is 6.20 Å². The van der Waals surface area contributed by atoms with Crippen molar-refractivity contribution in [1.29, 1.82) is 0 Å². The number of ether oxygens (including phenoxy) is 1. The average Bonchev–Trinajstić information content (AvgIpc) is 3.45. The molecule has 0 aromatic carbocycles. The van der Waals surface area contributed by atoms with Gasteiger partial charge in [-0.25, -0.2) is 14.5 Å². The molecular formula is C29H55N5O5Si3. The Morgan fingerprint density at radius 1 is 0.833 bits per heavy atom. The van der Waals surface area contributed by atoms with Crippen molar-refractivity contribution in [2.75, 3.05) is 6.61 Å². The summed E-state index contributed by atoms with van der Waals surface area (Å²) in [4.78, 5) is 21.8. The van der Waals surface area contributed by atoms with Gasteiger partial charge in [0.1, 0.15) is 31.0 Å². The molecular weight excluding hydrogens is 583 g/mol. The molecule has 0 N–H and O–H groups in total. The van der Waals surface area contributed by atoms with E-state index in [4.69, 9.17) is 18.0 Å². The van der Waals surface area contributed by atoms with E-state index < -0.39 is 55.2 Å². The van der Waals surface area contributed by atoms with E-state index in [1.165, 1.54) is 21.9 Å². The van der Waals surface area contributed by atoms with Gasteiger partial charge in [0.25, 0.3) is 0 Å². The topological polar surface area (TPSA) is 103 Å². The fraction of sp³-hybridized carbons (Fsp3) is 0.793. The standard InChI is InChI=1S/C29H55N5O5Si3/c1-27(2,3)40(10,11)36-18-21-23(38-41(12,13)28(4,5)6)24(39-42(14,15)29(7,8)9)25(37-21)33-17-16-22(32-26(33)35)34-20-30-19-31-34/h16-17,19-21,23-25H,18H2,1-15H3/t21-,23?,24?,25-/m1/s1. The van der Waals surface area contributed by atoms with Gasteiger partial charge in [0.05, 0.1) is 6.61 Å². The van der Waals surface area contributed by atoms with E-state index in [1.54, 1.807) is 12.3 Å². The predicted molar refractivity (Wildman–Crippen MR) is 175 cm³/mol. The molecule has 2 aromatic heterocycles. The second kappa shape index (κ2) is 11.8. The van der Waals surface area contributed by atoms with E-state index in [1.807, 2.05) is 0 Å². The van der Waals surface area contributed by atoms with Crippen LogP contribution >= 0.6 is 0 Å². The van der Waals surface area contributed by atoms with E-state index in [2.05, 4.69) is 117 Å². The Labute approximate surface area is 255 Å². The van der Waals surface area contributed by atoms with Crippen molar-refractivity contribution in [3.8, 4) is 5.82 Å². The van der Waals surface area contributed by atoms with Gasteiger partial charge >= 0.3 is 5.69 Å². The Morgan fingerprint density at radius 2 is 1.36 bits per heavy atom. The van der Waals surface area contributed by atoms with Crippen LogP contribution in [-0.2, 0) is 18.0 Å². The Kier molecular flexibility index (Phi) is 9.82. The molecule has 0 bridgehead atoms. The SMILES string of the molecule is CC(C)(C)[Si](C)(C)OC[C@H]1O[C@@H](n2ccc(-n3cncn3)nc2=O)C(O[Si](C)(C)C(C)(C)C)C1O[Si](C)(C)C(C)(C)C. The van der Waals surface area contributed by atoms with Gasteiger partial charge in [-0.2, -0.15) is 10.1 Å². The normalized spacial score (nSPS) is 23.0. The largest absolute Gasteiger partial charge is 0.414 e. The number of nitrogens with zero attached hydrogens (tertiary/aromatic N) is 5. The van der Waals surface area contributed by atoms with Gasteiger partial charge in [-0.05, 0) is 60.5 Å². The van der Waals surface area contributed by atoms with Crippen LogP contribution in [0, 0.1) is 0 Å². The molecule has 10 nitrogen and oxygen atoms in total. The molecule has 2 aromatic rings. The molecule has 0 radical (unpaired) electrons. The zero-order valence-corrected chi connectivity index (χ0v) is 31.6. The van der Waals surface area contributed by atoms with Crippen LogP contribution < -0.4 is 5.69 Å². The molecule has 0 saturated carbocycles. The summed E-state index contributed by atoms with van der Waals surface area (Å²) in [5.74, 6) is 0.389. The van der Waals surface area contributed by atoms with Gasteiger partial charge < -0.3 is 18.0 Å². The number of hydrogen-bond acceptors (Lipinski definition) is 8. The molecule has 2 unspecified atom stereocenters. The summed E-state index contributed by atoms with van der Waals surface area (Å²) in [5.41, 5.74) is -0.450. The summed E-state index contributed by atoms with van der Waals surface area (Å²) < 4.78 is 30.8. The zero-order valence-electron chi connectivity index (χ0n) is 28.6. The second-order valence-electron chi connectivity index (χ2n) is 16.1. The van der Waals surface area contributed by atoms with Gasteiger partial charge in [-0.3, -0.25) is 4.57 Å². The minimum Gasteiger partial charge on any atom is -0.414 e. The molecule has 1 fully saturated rings. The Bertz CT molecular complexity index is 1260. The van der Waals surface area contributed by atoms with Crippen LogP contribution in [0.1, 0.15) is 68.5 Å². The average molecular weight is 638 g/mol. The van der Waals surface area contributed by atoms with Gasteiger partial charge in [0.15, 0.2) is 37.0 Å². The number of aromatic nitrogens is 5. The first-order chi connectivity index (χ1) is 18.9. The predicted octanol–water partition coefficient (Wildman–Crippen LogP) is 6.52. The van der Waals surface area contributed by atoms with Crippen LogP contribution in [0.5, 0.6) is 0 Å². The van der Waals surface area contributed by atoms with Gasteiger partial charge in [-0.15, -0.1) is 0 Å². The minimum atomic E-state index is -2.33. The van der Waals surface area contributed by atoms with Gasteiger partial charge in [0.2, 0.25) is 0 Å². The van der Waals surface area contributed by atoms with E-state index in [0.29, 0.717) is 12.4 Å². The summed E-state index contributed by atoms with van der Waals surface area (Å²) in [6, 6.07) is 1.74. The highest BCUT2D eigenvalue weighted by Gasteiger charge is 2.55. The molecule has 1 aliphatic heterocycles. The highest BCUT2D eigenvalue weighted by Crippen LogP contribution is 2.46. The first-order valence-electron chi connectivity index (χ1n) is 15.0. The summed E-state index contributed by atoms with van der Waals surface area (Å²) in [6.45, 7) is 33.8. The lowest BCUT2D eigenvalue weighted by atomic mass is 10.1. The molecule has 3 heterocycles. The maximum atomic E-state index is 13.5. The number of hydrogen-bond donors (Lipinski definition) is 0. The first kappa shape index (κ1) is 35.0. The van der Waals surface area contributed by atoms with Crippen molar-refractivity contribution in [3.05, 3.63) is 35.4 Å². The third-order valence-corrected chi connectivity index (χ3v) is 23.4.